The molecule has 0 aromatic heterocycles. The number of aliphatic hydroxyl groups is 2. The summed E-state index contributed by atoms with van der Waals surface area (Å²) >= 11 is 0. The molecule has 0 fully saturated rings. The van der Waals surface area contributed by atoms with E-state index in [1.54, 1.807) is 0 Å². The first-order chi connectivity index (χ1) is 9.60. The van der Waals surface area contributed by atoms with E-state index in [-0.39, 0.29) is 13.2 Å². The molecule has 7 nitrogen and oxygen atoms in total. The highest BCUT2D eigenvalue weighted by Crippen LogP contribution is 1.76. The second kappa shape index (κ2) is 26.5. The number of aliphatic carboxylic acids is 1. The summed E-state index contributed by atoms with van der Waals surface area (Å²) in [5, 5.41) is 24.1. The van der Waals surface area contributed by atoms with Crippen LogP contribution in [0.3, 0.4) is 0 Å². The molecule has 3 N–H and O–H groups in total. The van der Waals surface area contributed by atoms with Gasteiger partial charge in [-0.2, -0.15) is 0 Å². The third-order valence-electron chi connectivity index (χ3n) is 1.43. The average Bonchev–Trinajstić information content (AvgIpc) is 2.45. The van der Waals surface area contributed by atoms with Crippen LogP contribution in [0, 0.1) is 0 Å². The summed E-state index contributed by atoms with van der Waals surface area (Å²) in [6, 6.07) is 0. The maximum Gasteiger partial charge on any atom is 0.327 e. The van der Waals surface area contributed by atoms with Crippen molar-refractivity contribution in [2.45, 2.75) is 13.8 Å². The minimum Gasteiger partial charge on any atom is -0.478 e. The van der Waals surface area contributed by atoms with Gasteiger partial charge in [0, 0.05) is 19.3 Å². The molecule has 0 atom stereocenters. The molecular weight excluding hydrogens is 268 g/mol. The molecule has 0 aliphatic heterocycles. The maximum atomic E-state index is 9.25. The molecule has 0 amide bonds. The first kappa shape index (κ1) is 24.1. The fourth-order valence-corrected chi connectivity index (χ4v) is 0.655. The van der Waals surface area contributed by atoms with E-state index < -0.39 is 5.97 Å². The van der Waals surface area contributed by atoms with Gasteiger partial charge in [0.25, 0.3) is 0 Å². The summed E-state index contributed by atoms with van der Waals surface area (Å²) in [5.74, 6) is -0.981. The van der Waals surface area contributed by atoms with Gasteiger partial charge in [0.1, 0.15) is 0 Å². The fourth-order valence-electron chi connectivity index (χ4n) is 0.655. The Labute approximate surface area is 120 Å². The lowest BCUT2D eigenvalue weighted by atomic mass is 10.7. The molecule has 0 bridgehead atoms. The Morgan fingerprint density at radius 3 is 1.45 bits per heavy atom. The van der Waals surface area contributed by atoms with Crippen molar-refractivity contribution in [3.63, 3.8) is 0 Å². The quantitative estimate of drug-likeness (QED) is 0.393. The standard InChI is InChI=1S/C6H14O4.C4H10O.C3H4O2/c7-1-3-9-5-6-10-4-2-8;1-3-5-4-2;1-2-3(4)5/h7-8H,1-6H2;3-4H2,1-2H3;2H,1H2,(H,4,5). The zero-order valence-electron chi connectivity index (χ0n) is 12.4. The van der Waals surface area contributed by atoms with Crippen molar-refractivity contribution in [2.24, 2.45) is 0 Å². The molecule has 0 aliphatic carbocycles. The number of carboxylic acid groups (broad SMARTS) is 1. The molecule has 0 spiro atoms. The van der Waals surface area contributed by atoms with Gasteiger partial charge in [-0.3, -0.25) is 0 Å². The highest BCUT2D eigenvalue weighted by atomic mass is 16.5. The van der Waals surface area contributed by atoms with Gasteiger partial charge >= 0.3 is 5.97 Å². The molecule has 0 aliphatic rings. The lowest BCUT2D eigenvalue weighted by Gasteiger charge is -2.01. The topological polar surface area (TPSA) is 105 Å². The predicted molar refractivity (Wildman–Crippen MR) is 75.8 cm³/mol. The van der Waals surface area contributed by atoms with Crippen molar-refractivity contribution in [1.82, 2.24) is 0 Å². The van der Waals surface area contributed by atoms with E-state index >= 15 is 0 Å². The number of aliphatic hydroxyl groups excluding tert-OH is 2. The van der Waals surface area contributed by atoms with E-state index in [0.29, 0.717) is 26.4 Å². The lowest BCUT2D eigenvalue weighted by Crippen LogP contribution is -2.09. The van der Waals surface area contributed by atoms with E-state index in [1.807, 2.05) is 13.8 Å². The summed E-state index contributed by atoms with van der Waals surface area (Å²) in [6.45, 7) is 10.4. The number of rotatable bonds is 10. The van der Waals surface area contributed by atoms with Crippen molar-refractivity contribution in [2.75, 3.05) is 52.9 Å². The number of hydrogen-bond donors (Lipinski definition) is 3. The second-order valence-corrected chi connectivity index (χ2v) is 3.00. The van der Waals surface area contributed by atoms with Crippen LogP contribution in [0.1, 0.15) is 13.8 Å². The monoisotopic (exact) mass is 296 g/mol. The molecule has 0 saturated heterocycles. The van der Waals surface area contributed by atoms with Crippen LogP contribution in [0.5, 0.6) is 0 Å². The molecule has 0 aromatic rings. The Bertz CT molecular complexity index is 176. The van der Waals surface area contributed by atoms with Gasteiger partial charge in [-0.15, -0.1) is 0 Å². The number of carboxylic acids is 1. The lowest BCUT2D eigenvalue weighted by molar-refractivity contribution is -0.131. The van der Waals surface area contributed by atoms with E-state index in [4.69, 9.17) is 29.5 Å². The normalized spacial score (nSPS) is 8.80. The van der Waals surface area contributed by atoms with Gasteiger partial charge in [0.15, 0.2) is 0 Å². The van der Waals surface area contributed by atoms with Gasteiger partial charge in [-0.25, -0.2) is 4.79 Å². The number of hydrogen-bond acceptors (Lipinski definition) is 6. The van der Waals surface area contributed by atoms with E-state index in [9.17, 15) is 4.79 Å². The Kier molecular flexibility index (Phi) is 31.9. The minimum atomic E-state index is -0.981. The van der Waals surface area contributed by atoms with E-state index in [2.05, 4.69) is 6.58 Å². The second-order valence-electron chi connectivity index (χ2n) is 3.00. The van der Waals surface area contributed by atoms with Crippen molar-refractivity contribution >= 4 is 5.97 Å². The number of carbonyl (C=O) groups is 1. The smallest absolute Gasteiger partial charge is 0.327 e. The fraction of sp³-hybridized carbons (Fsp3) is 0.769. The minimum absolute atomic E-state index is 0.0417. The summed E-state index contributed by atoms with van der Waals surface area (Å²) in [5.41, 5.74) is 0. The van der Waals surface area contributed by atoms with Crippen LogP contribution in [0.2, 0.25) is 0 Å². The van der Waals surface area contributed by atoms with Gasteiger partial charge in [0.05, 0.1) is 39.6 Å². The van der Waals surface area contributed by atoms with Crippen molar-refractivity contribution < 1.29 is 34.3 Å². The van der Waals surface area contributed by atoms with Gasteiger partial charge in [-0.1, -0.05) is 6.58 Å². The predicted octanol–water partition coefficient (Wildman–Crippen LogP) is 0.304. The highest BCUT2D eigenvalue weighted by molar-refractivity contribution is 5.78. The van der Waals surface area contributed by atoms with Crippen LogP contribution >= 0.6 is 0 Å². The van der Waals surface area contributed by atoms with Crippen LogP contribution in [-0.4, -0.2) is 74.1 Å². The first-order valence-electron chi connectivity index (χ1n) is 6.40. The first-order valence-corrected chi connectivity index (χ1v) is 6.40. The largest absolute Gasteiger partial charge is 0.478 e. The Balaban J connectivity index is -0.000000244. The molecule has 0 heterocycles. The van der Waals surface area contributed by atoms with Crippen molar-refractivity contribution in [3.8, 4) is 0 Å². The van der Waals surface area contributed by atoms with Crippen LogP contribution in [0.25, 0.3) is 0 Å². The summed E-state index contributed by atoms with van der Waals surface area (Å²) in [6.07, 6.45) is 0.833. The molecular formula is C13H28O7. The molecule has 20 heavy (non-hydrogen) atoms. The SMILES string of the molecule is C=CC(=O)O.CCOCC.OCCOCCOCCO. The maximum absolute atomic E-state index is 9.25. The van der Waals surface area contributed by atoms with Crippen molar-refractivity contribution in [1.29, 1.82) is 0 Å². The van der Waals surface area contributed by atoms with E-state index in [1.165, 1.54) is 0 Å². The Hall–Kier alpha value is -0.990. The third-order valence-corrected chi connectivity index (χ3v) is 1.43. The van der Waals surface area contributed by atoms with Gasteiger partial charge < -0.3 is 29.5 Å². The van der Waals surface area contributed by atoms with Gasteiger partial charge in [-0.05, 0) is 13.8 Å². The van der Waals surface area contributed by atoms with Crippen LogP contribution in [0.15, 0.2) is 12.7 Å². The van der Waals surface area contributed by atoms with Crippen LogP contribution in [0.4, 0.5) is 0 Å². The summed E-state index contributed by atoms with van der Waals surface area (Å²) < 4.78 is 14.6. The molecule has 0 radical (unpaired) electrons. The molecule has 0 rings (SSSR count). The average molecular weight is 296 g/mol. The van der Waals surface area contributed by atoms with E-state index in [0.717, 1.165) is 19.3 Å². The van der Waals surface area contributed by atoms with Crippen LogP contribution in [-0.2, 0) is 19.0 Å². The van der Waals surface area contributed by atoms with Gasteiger partial charge in [0.2, 0.25) is 0 Å². The molecule has 0 saturated carbocycles. The molecule has 122 valence electrons. The summed E-state index contributed by atoms with van der Waals surface area (Å²) in [7, 11) is 0. The van der Waals surface area contributed by atoms with Crippen molar-refractivity contribution in [3.05, 3.63) is 12.7 Å². The summed E-state index contributed by atoms with van der Waals surface area (Å²) in [4.78, 5) is 9.25. The number of ether oxygens (including phenoxy) is 3. The Morgan fingerprint density at radius 2 is 1.30 bits per heavy atom. The molecule has 0 unspecified atom stereocenters. The third kappa shape index (κ3) is 43.5. The molecule has 0 aromatic carbocycles. The molecule has 7 heteroatoms. The zero-order chi connectivity index (χ0) is 16.1. The Morgan fingerprint density at radius 1 is 0.950 bits per heavy atom. The highest BCUT2D eigenvalue weighted by Gasteiger charge is 1.86. The van der Waals surface area contributed by atoms with Crippen LogP contribution < -0.4 is 0 Å². The zero-order valence-corrected chi connectivity index (χ0v) is 12.4.